The van der Waals surface area contributed by atoms with E-state index in [1.54, 1.807) is 10.4 Å². The normalized spacial score (nSPS) is 13.7. The van der Waals surface area contributed by atoms with Crippen LogP contribution in [-0.4, -0.2) is 5.11 Å². The fourth-order valence-electron chi connectivity index (χ4n) is 2.96. The van der Waals surface area contributed by atoms with Crippen molar-refractivity contribution in [3.63, 3.8) is 0 Å². The van der Waals surface area contributed by atoms with Crippen LogP contribution in [0.1, 0.15) is 38.4 Å². The summed E-state index contributed by atoms with van der Waals surface area (Å²) >= 11 is 1.96. The minimum atomic E-state index is 0.420. The summed E-state index contributed by atoms with van der Waals surface area (Å²) in [6, 6.07) is 6.49. The standard InChI is InChI=1S/C17H21NOS/c1-11-6-13(7-12(2)17(11)19)9-18-10-15-8-14-4-3-5-16(14)20-15/h6-8,18-19H,3-5,9-10H2,1-2H3. The van der Waals surface area contributed by atoms with Crippen LogP contribution in [-0.2, 0) is 25.9 Å². The number of phenolic OH excluding ortho intramolecular Hbond substituents is 1. The lowest BCUT2D eigenvalue weighted by molar-refractivity contribution is 0.466. The molecule has 2 aromatic rings. The number of aromatic hydroxyl groups is 1. The molecule has 0 saturated heterocycles. The first-order valence-electron chi connectivity index (χ1n) is 7.24. The van der Waals surface area contributed by atoms with E-state index in [4.69, 9.17) is 0 Å². The van der Waals surface area contributed by atoms with Crippen LogP contribution in [0.5, 0.6) is 5.75 Å². The minimum Gasteiger partial charge on any atom is -0.507 e. The molecule has 0 radical (unpaired) electrons. The molecule has 0 bridgehead atoms. The average molecular weight is 287 g/mol. The minimum absolute atomic E-state index is 0.420. The van der Waals surface area contributed by atoms with Crippen molar-refractivity contribution < 1.29 is 5.11 Å². The summed E-state index contributed by atoms with van der Waals surface area (Å²) in [6.45, 7) is 5.70. The van der Waals surface area contributed by atoms with Gasteiger partial charge < -0.3 is 10.4 Å². The van der Waals surface area contributed by atoms with E-state index >= 15 is 0 Å². The zero-order valence-electron chi connectivity index (χ0n) is 12.1. The monoisotopic (exact) mass is 287 g/mol. The van der Waals surface area contributed by atoms with Gasteiger partial charge in [-0.25, -0.2) is 0 Å². The molecule has 0 spiro atoms. The molecule has 1 aliphatic rings. The predicted octanol–water partition coefficient (Wildman–Crippen LogP) is 3.85. The maximum Gasteiger partial charge on any atom is 0.121 e. The topological polar surface area (TPSA) is 32.3 Å². The highest BCUT2D eigenvalue weighted by Crippen LogP contribution is 2.30. The third-order valence-electron chi connectivity index (χ3n) is 3.98. The Kier molecular flexibility index (Phi) is 3.81. The quantitative estimate of drug-likeness (QED) is 0.895. The van der Waals surface area contributed by atoms with Crippen molar-refractivity contribution in [2.24, 2.45) is 0 Å². The van der Waals surface area contributed by atoms with Crippen molar-refractivity contribution in [1.29, 1.82) is 0 Å². The van der Waals surface area contributed by atoms with E-state index in [0.29, 0.717) is 5.75 Å². The van der Waals surface area contributed by atoms with Gasteiger partial charge in [0.2, 0.25) is 0 Å². The van der Waals surface area contributed by atoms with Crippen LogP contribution in [0, 0.1) is 13.8 Å². The molecule has 2 N–H and O–H groups in total. The van der Waals surface area contributed by atoms with E-state index in [0.717, 1.165) is 24.2 Å². The summed E-state index contributed by atoms with van der Waals surface area (Å²) in [6.07, 6.45) is 3.87. The molecule has 0 amide bonds. The van der Waals surface area contributed by atoms with Crippen LogP contribution in [0.3, 0.4) is 0 Å². The molecule has 2 nitrogen and oxygen atoms in total. The zero-order chi connectivity index (χ0) is 14.1. The van der Waals surface area contributed by atoms with Gasteiger partial charge in [0.05, 0.1) is 0 Å². The molecule has 1 aliphatic carbocycles. The van der Waals surface area contributed by atoms with Crippen molar-refractivity contribution in [3.8, 4) is 5.75 Å². The Hall–Kier alpha value is -1.32. The number of hydrogen-bond acceptors (Lipinski definition) is 3. The van der Waals surface area contributed by atoms with Crippen molar-refractivity contribution in [3.05, 3.63) is 50.2 Å². The number of nitrogens with one attached hydrogen (secondary N) is 1. The molecule has 0 aliphatic heterocycles. The van der Waals surface area contributed by atoms with E-state index in [2.05, 4.69) is 23.5 Å². The van der Waals surface area contributed by atoms with Gasteiger partial charge in [-0.3, -0.25) is 0 Å². The summed E-state index contributed by atoms with van der Waals surface area (Å²) in [5.74, 6) is 0.420. The largest absolute Gasteiger partial charge is 0.507 e. The second-order valence-corrected chi connectivity index (χ2v) is 6.92. The number of fused-ring (bicyclic) bond motifs is 1. The van der Waals surface area contributed by atoms with Crippen LogP contribution in [0.2, 0.25) is 0 Å². The lowest BCUT2D eigenvalue weighted by atomic mass is 10.1. The molecule has 0 atom stereocenters. The first kappa shape index (κ1) is 13.7. The van der Waals surface area contributed by atoms with E-state index in [-0.39, 0.29) is 0 Å². The van der Waals surface area contributed by atoms with Crippen LogP contribution >= 0.6 is 11.3 Å². The summed E-state index contributed by atoms with van der Waals surface area (Å²) < 4.78 is 0. The molecular weight excluding hydrogens is 266 g/mol. The Morgan fingerprint density at radius 3 is 2.55 bits per heavy atom. The first-order valence-corrected chi connectivity index (χ1v) is 8.05. The second kappa shape index (κ2) is 5.58. The number of phenols is 1. The van der Waals surface area contributed by atoms with Crippen LogP contribution in [0.15, 0.2) is 18.2 Å². The summed E-state index contributed by atoms with van der Waals surface area (Å²) in [5, 5.41) is 13.3. The van der Waals surface area contributed by atoms with E-state index in [9.17, 15) is 5.11 Å². The van der Waals surface area contributed by atoms with Gasteiger partial charge in [0.25, 0.3) is 0 Å². The van der Waals surface area contributed by atoms with Crippen molar-refractivity contribution in [2.75, 3.05) is 0 Å². The maximum atomic E-state index is 9.78. The van der Waals surface area contributed by atoms with Gasteiger partial charge >= 0.3 is 0 Å². The number of thiophene rings is 1. The SMILES string of the molecule is Cc1cc(CNCc2cc3c(s2)CCC3)cc(C)c1O. The van der Waals surface area contributed by atoms with Gasteiger partial charge in [0.1, 0.15) is 5.75 Å². The molecule has 1 aromatic heterocycles. The molecule has 0 fully saturated rings. The smallest absolute Gasteiger partial charge is 0.121 e. The fraction of sp³-hybridized carbons (Fsp3) is 0.412. The Labute approximate surface area is 124 Å². The summed E-state index contributed by atoms with van der Waals surface area (Å²) in [4.78, 5) is 3.04. The van der Waals surface area contributed by atoms with E-state index in [1.807, 2.05) is 25.2 Å². The number of aryl methyl sites for hydroxylation is 4. The third kappa shape index (κ3) is 2.74. The maximum absolute atomic E-state index is 9.78. The van der Waals surface area contributed by atoms with Crippen LogP contribution < -0.4 is 5.32 Å². The number of rotatable bonds is 4. The fourth-order valence-corrected chi connectivity index (χ4v) is 4.19. The molecule has 20 heavy (non-hydrogen) atoms. The molecule has 1 aromatic carbocycles. The van der Waals surface area contributed by atoms with Gasteiger partial charge in [0.15, 0.2) is 0 Å². The zero-order valence-corrected chi connectivity index (χ0v) is 12.9. The Bertz CT molecular complexity index is 585. The highest BCUT2D eigenvalue weighted by atomic mass is 32.1. The molecule has 0 saturated carbocycles. The van der Waals surface area contributed by atoms with E-state index < -0.39 is 0 Å². The van der Waals surface area contributed by atoms with E-state index in [1.165, 1.54) is 29.7 Å². The Balaban J connectivity index is 1.59. The molecule has 3 heteroatoms. The van der Waals surface area contributed by atoms with Crippen molar-refractivity contribution in [1.82, 2.24) is 5.32 Å². The molecular formula is C17H21NOS. The van der Waals surface area contributed by atoms with Crippen LogP contribution in [0.4, 0.5) is 0 Å². The van der Waals surface area contributed by atoms with Crippen LogP contribution in [0.25, 0.3) is 0 Å². The second-order valence-electron chi connectivity index (χ2n) is 5.70. The Morgan fingerprint density at radius 2 is 1.85 bits per heavy atom. The van der Waals surface area contributed by atoms with Gasteiger partial charge in [-0.05, 0) is 61.4 Å². The predicted molar refractivity (Wildman–Crippen MR) is 84.5 cm³/mol. The highest BCUT2D eigenvalue weighted by Gasteiger charge is 2.14. The van der Waals surface area contributed by atoms with Gasteiger partial charge in [-0.1, -0.05) is 12.1 Å². The van der Waals surface area contributed by atoms with Gasteiger partial charge in [0, 0.05) is 22.8 Å². The highest BCUT2D eigenvalue weighted by molar-refractivity contribution is 7.12. The number of hydrogen-bond donors (Lipinski definition) is 2. The lowest BCUT2D eigenvalue weighted by Crippen LogP contribution is -2.12. The lowest BCUT2D eigenvalue weighted by Gasteiger charge is -2.08. The van der Waals surface area contributed by atoms with Gasteiger partial charge in [-0.15, -0.1) is 11.3 Å². The summed E-state index contributed by atoms with van der Waals surface area (Å²) in [5.41, 5.74) is 4.72. The average Bonchev–Trinajstić information content (AvgIpc) is 2.96. The molecule has 3 rings (SSSR count). The van der Waals surface area contributed by atoms with Gasteiger partial charge in [-0.2, -0.15) is 0 Å². The van der Waals surface area contributed by atoms with Crippen molar-refractivity contribution >= 4 is 11.3 Å². The first-order chi connectivity index (χ1) is 9.63. The summed E-state index contributed by atoms with van der Waals surface area (Å²) in [7, 11) is 0. The molecule has 0 unspecified atom stereocenters. The molecule has 106 valence electrons. The van der Waals surface area contributed by atoms with Crippen molar-refractivity contribution in [2.45, 2.75) is 46.2 Å². The Morgan fingerprint density at radius 1 is 1.10 bits per heavy atom. The third-order valence-corrected chi connectivity index (χ3v) is 5.21. The molecule has 1 heterocycles. The number of benzene rings is 1.